The second-order valence-electron chi connectivity index (χ2n) is 7.86. The maximum Gasteiger partial charge on any atom is 0.417 e. The predicted octanol–water partition coefficient (Wildman–Crippen LogP) is 5.46. The third-order valence-corrected chi connectivity index (χ3v) is 5.04. The molecule has 2 heterocycles. The summed E-state index contributed by atoms with van der Waals surface area (Å²) in [5.74, 6) is -0.949. The smallest absolute Gasteiger partial charge is 0.329 e. The Morgan fingerprint density at radius 2 is 1.43 bits per heavy atom. The van der Waals surface area contributed by atoms with Crippen molar-refractivity contribution >= 4 is 11.7 Å². The molecule has 0 N–H and O–H groups in total. The van der Waals surface area contributed by atoms with Gasteiger partial charge in [-0.15, -0.1) is 5.10 Å². The van der Waals surface area contributed by atoms with E-state index in [0.717, 1.165) is 9.70 Å². The second kappa shape index (κ2) is 9.97. The number of benzene rings is 1. The number of aromatic nitrogens is 5. The van der Waals surface area contributed by atoms with Gasteiger partial charge < -0.3 is 4.90 Å². The summed E-state index contributed by atoms with van der Waals surface area (Å²) < 4.78 is 120. The monoisotopic (exact) mass is 540 g/mol. The molecule has 1 aromatic carbocycles. The lowest BCUT2D eigenvalue weighted by Gasteiger charge is -2.23. The zero-order valence-corrected chi connectivity index (χ0v) is 19.0. The molecule has 7 nitrogen and oxygen atoms in total. The summed E-state index contributed by atoms with van der Waals surface area (Å²) in [5.41, 5.74) is -5.47. The van der Waals surface area contributed by atoms with Crippen LogP contribution in [0.3, 0.4) is 0 Å². The van der Waals surface area contributed by atoms with Crippen LogP contribution in [-0.4, -0.2) is 31.0 Å². The van der Waals surface area contributed by atoms with E-state index in [0.29, 0.717) is 24.4 Å². The molecule has 0 amide bonds. The molecule has 0 fully saturated rings. The van der Waals surface area contributed by atoms with E-state index in [9.17, 15) is 44.3 Å². The lowest BCUT2D eigenvalue weighted by molar-refractivity contribution is -0.143. The molecule has 0 aliphatic carbocycles. The van der Waals surface area contributed by atoms with Gasteiger partial charge in [0.2, 0.25) is 0 Å². The number of tetrazole rings is 1. The quantitative estimate of drug-likeness (QED) is 0.293. The molecule has 0 unspecified atom stereocenters. The Kier molecular flexibility index (Phi) is 7.51. The number of halogens is 9. The lowest BCUT2D eigenvalue weighted by atomic mass is 10.0. The van der Waals surface area contributed by atoms with Crippen molar-refractivity contribution in [3.63, 3.8) is 0 Å². The Morgan fingerprint density at radius 1 is 0.865 bits per heavy atom. The molecule has 0 spiro atoms. The van der Waals surface area contributed by atoms with Gasteiger partial charge in [0, 0.05) is 31.3 Å². The normalized spacial score (nSPS) is 12.6. The second-order valence-corrected chi connectivity index (χ2v) is 7.86. The van der Waals surface area contributed by atoms with Crippen LogP contribution >= 0.6 is 0 Å². The van der Waals surface area contributed by atoms with Gasteiger partial charge in [0.05, 0.1) is 23.7 Å². The molecule has 0 saturated carbocycles. The molecular formula is C21H17F9N6O. The maximum absolute atomic E-state index is 13.3. The van der Waals surface area contributed by atoms with Crippen LogP contribution < -0.4 is 4.90 Å². The minimum atomic E-state index is -5.11. The summed E-state index contributed by atoms with van der Waals surface area (Å²) in [6.45, 7) is 0.130. The highest BCUT2D eigenvalue weighted by atomic mass is 19.4. The topological polar surface area (TPSA) is 76.8 Å². The van der Waals surface area contributed by atoms with E-state index in [2.05, 4.69) is 20.4 Å². The molecule has 3 rings (SSSR count). The first-order valence-corrected chi connectivity index (χ1v) is 10.4. The molecule has 16 heteroatoms. The number of anilines is 1. The Bertz CT molecular complexity index is 1250. The van der Waals surface area contributed by atoms with Crippen LogP contribution in [0.25, 0.3) is 0 Å². The number of carbonyl (C=O) groups excluding carboxylic acids is 1. The highest BCUT2D eigenvalue weighted by molar-refractivity contribution is 5.95. The van der Waals surface area contributed by atoms with E-state index in [1.807, 2.05) is 0 Å². The highest BCUT2D eigenvalue weighted by Crippen LogP contribution is 2.37. The van der Waals surface area contributed by atoms with Crippen LogP contribution in [0.15, 0.2) is 30.5 Å². The molecule has 0 saturated heterocycles. The highest BCUT2D eigenvalue weighted by Gasteiger charge is 2.37. The van der Waals surface area contributed by atoms with E-state index in [1.54, 1.807) is 0 Å². The van der Waals surface area contributed by atoms with Crippen LogP contribution in [0.4, 0.5) is 45.5 Å². The molecular weight excluding hydrogens is 523 g/mol. The van der Waals surface area contributed by atoms with Gasteiger partial charge in [0.25, 0.3) is 5.95 Å². The van der Waals surface area contributed by atoms with Gasteiger partial charge in [-0.3, -0.25) is 9.78 Å². The average molecular weight is 540 g/mol. The van der Waals surface area contributed by atoms with Crippen molar-refractivity contribution in [1.82, 2.24) is 25.2 Å². The number of hydrogen-bond donors (Lipinski definition) is 0. The van der Waals surface area contributed by atoms with Crippen LogP contribution in [0.1, 0.15) is 51.7 Å². The van der Waals surface area contributed by atoms with Crippen molar-refractivity contribution in [3.05, 3.63) is 64.0 Å². The van der Waals surface area contributed by atoms with E-state index < -0.39 is 59.7 Å². The van der Waals surface area contributed by atoms with Gasteiger partial charge in [0.15, 0.2) is 5.78 Å². The Hall–Kier alpha value is -3.72. The largest absolute Gasteiger partial charge is 0.417 e. The predicted molar refractivity (Wildman–Crippen MR) is 109 cm³/mol. The first kappa shape index (κ1) is 27.9. The Balaban J connectivity index is 2.13. The molecule has 3 aromatic rings. The van der Waals surface area contributed by atoms with Gasteiger partial charge in [0.1, 0.15) is 5.69 Å². The Labute approximate surface area is 202 Å². The lowest BCUT2D eigenvalue weighted by Crippen LogP contribution is -2.26. The molecule has 0 atom stereocenters. The van der Waals surface area contributed by atoms with E-state index in [-0.39, 0.29) is 29.7 Å². The van der Waals surface area contributed by atoms with Crippen LogP contribution in [-0.2, 0) is 38.7 Å². The fourth-order valence-electron chi connectivity index (χ4n) is 3.34. The van der Waals surface area contributed by atoms with Crippen molar-refractivity contribution in [3.8, 4) is 0 Å². The summed E-state index contributed by atoms with van der Waals surface area (Å²) in [6, 6.07) is 1.53. The summed E-state index contributed by atoms with van der Waals surface area (Å²) in [6.07, 6.45) is -14.7. The minimum absolute atomic E-state index is 0.0524. The van der Waals surface area contributed by atoms with Crippen molar-refractivity contribution in [2.24, 2.45) is 7.05 Å². The van der Waals surface area contributed by atoms with Gasteiger partial charge >= 0.3 is 18.5 Å². The van der Waals surface area contributed by atoms with Crippen molar-refractivity contribution in [2.45, 2.75) is 45.0 Å². The summed E-state index contributed by atoms with van der Waals surface area (Å²) in [7, 11) is 1.32. The fraction of sp³-hybridized carbons (Fsp3) is 0.381. The Morgan fingerprint density at radius 3 is 1.89 bits per heavy atom. The van der Waals surface area contributed by atoms with Gasteiger partial charge in [-0.1, -0.05) is 12.0 Å². The number of ketones is 1. The SMILES string of the molecule is CCC(=O)c1ncc(C(F)(F)F)cc1CN(Cc1cc(C(F)(F)F)cc(C(F)(F)F)c1)c1nnn(C)n1. The molecule has 0 bridgehead atoms. The standard InChI is InChI=1S/C21H17F9N6O/c1-3-16(37)17-12(6-15(8-31-17)21(28,29)30)10-36(18-32-34-35(2)33-18)9-11-4-13(19(22,23)24)7-14(5-11)20(25,26)27/h4-8H,3,9-10H2,1-2H3. The van der Waals surface area contributed by atoms with Crippen LogP contribution in [0.2, 0.25) is 0 Å². The first-order valence-electron chi connectivity index (χ1n) is 10.4. The van der Waals surface area contributed by atoms with E-state index >= 15 is 0 Å². The number of Topliss-reactive ketones (excluding diaryl/α,β-unsaturated/α-hetero) is 1. The number of pyridine rings is 1. The van der Waals surface area contributed by atoms with Crippen molar-refractivity contribution in [1.29, 1.82) is 0 Å². The zero-order chi connectivity index (χ0) is 27.8. The van der Waals surface area contributed by atoms with Gasteiger partial charge in [-0.2, -0.15) is 44.3 Å². The van der Waals surface area contributed by atoms with E-state index in [1.165, 1.54) is 14.0 Å². The molecule has 0 aliphatic heterocycles. The number of nitrogens with zero attached hydrogens (tertiary/aromatic N) is 6. The number of carbonyl (C=O) groups is 1. The van der Waals surface area contributed by atoms with E-state index in [4.69, 9.17) is 0 Å². The zero-order valence-electron chi connectivity index (χ0n) is 19.0. The first-order chi connectivity index (χ1) is 17.0. The number of hydrogen-bond acceptors (Lipinski definition) is 6. The number of rotatable bonds is 7. The van der Waals surface area contributed by atoms with Crippen molar-refractivity contribution in [2.75, 3.05) is 4.90 Å². The third-order valence-electron chi connectivity index (χ3n) is 5.04. The van der Waals surface area contributed by atoms with Crippen LogP contribution in [0.5, 0.6) is 0 Å². The summed E-state index contributed by atoms with van der Waals surface area (Å²) in [4.78, 5) is 17.9. The molecule has 0 aliphatic rings. The maximum atomic E-state index is 13.3. The number of aryl methyl sites for hydroxylation is 1. The molecule has 37 heavy (non-hydrogen) atoms. The fourth-order valence-corrected chi connectivity index (χ4v) is 3.34. The summed E-state index contributed by atoms with van der Waals surface area (Å²) >= 11 is 0. The van der Waals surface area contributed by atoms with Gasteiger partial charge in [-0.25, -0.2) is 0 Å². The van der Waals surface area contributed by atoms with Gasteiger partial charge in [-0.05, 0) is 35.0 Å². The third kappa shape index (κ3) is 6.74. The number of alkyl halides is 9. The van der Waals surface area contributed by atoms with Crippen molar-refractivity contribution < 1.29 is 44.3 Å². The van der Waals surface area contributed by atoms with Crippen LogP contribution in [0, 0.1) is 0 Å². The molecule has 0 radical (unpaired) electrons. The molecule has 2 aromatic heterocycles. The minimum Gasteiger partial charge on any atom is -0.329 e. The summed E-state index contributed by atoms with van der Waals surface area (Å²) in [5, 5.41) is 11.1. The average Bonchev–Trinajstić information content (AvgIpc) is 3.22. The molecule has 200 valence electrons.